The van der Waals surface area contributed by atoms with E-state index in [1.54, 1.807) is 0 Å². The molecule has 3 unspecified atom stereocenters. The first-order valence-corrected chi connectivity index (χ1v) is 8.98. The van der Waals surface area contributed by atoms with Gasteiger partial charge in [0.15, 0.2) is 0 Å². The largest absolute Gasteiger partial charge is 0.481 e. The lowest BCUT2D eigenvalue weighted by molar-refractivity contribution is -0.143. The Balaban J connectivity index is 5.46. The number of nitrogens with one attached hydrogen (secondary N) is 3. The van der Waals surface area contributed by atoms with E-state index in [9.17, 15) is 38.7 Å². The first-order chi connectivity index (χ1) is 14.4. The second kappa shape index (κ2) is 13.5. The minimum Gasteiger partial charge on any atom is -0.481 e. The summed E-state index contributed by atoms with van der Waals surface area (Å²) >= 11 is 0. The van der Waals surface area contributed by atoms with Gasteiger partial charge in [0.2, 0.25) is 29.5 Å². The Bertz CT molecular complexity index is 726. The normalized spacial score (nSPS) is 13.2. The number of carbonyl (C=O) groups is 7. The minimum absolute atomic E-state index is 0.340. The van der Waals surface area contributed by atoms with Crippen LogP contribution in [0.3, 0.4) is 0 Å². The maximum Gasteiger partial charge on any atom is 0.326 e. The van der Waals surface area contributed by atoms with Crippen LogP contribution in [-0.2, 0) is 33.6 Å². The lowest BCUT2D eigenvalue weighted by atomic mass is 10.1. The Morgan fingerprint density at radius 2 is 1.23 bits per heavy atom. The molecule has 0 saturated heterocycles. The molecule has 0 rings (SSSR count). The van der Waals surface area contributed by atoms with E-state index in [4.69, 9.17) is 22.3 Å². The number of aliphatic carboxylic acids is 2. The number of hydrogen-bond donors (Lipinski definition) is 8. The second-order valence-corrected chi connectivity index (χ2v) is 6.39. The van der Waals surface area contributed by atoms with Crippen molar-refractivity contribution in [3.8, 4) is 0 Å². The third-order valence-electron chi connectivity index (χ3n) is 3.82. The van der Waals surface area contributed by atoms with Crippen molar-refractivity contribution in [2.24, 2.45) is 17.2 Å². The summed E-state index contributed by atoms with van der Waals surface area (Å²) in [6, 6.07) is -4.58. The van der Waals surface area contributed by atoms with Crippen molar-refractivity contribution >= 4 is 41.5 Å². The number of amides is 5. The van der Waals surface area contributed by atoms with Crippen molar-refractivity contribution in [1.82, 2.24) is 16.0 Å². The van der Waals surface area contributed by atoms with Gasteiger partial charge in [0, 0.05) is 12.8 Å². The maximum absolute atomic E-state index is 12.5. The van der Waals surface area contributed by atoms with Crippen LogP contribution >= 0.6 is 0 Å². The predicted octanol–water partition coefficient (Wildman–Crippen LogP) is -4.51. The van der Waals surface area contributed by atoms with E-state index < -0.39 is 85.4 Å². The van der Waals surface area contributed by atoms with E-state index in [1.165, 1.54) is 0 Å². The summed E-state index contributed by atoms with van der Waals surface area (Å²) in [6.45, 7) is -0.508. The maximum atomic E-state index is 12.5. The Morgan fingerprint density at radius 1 is 0.710 bits per heavy atom. The first-order valence-electron chi connectivity index (χ1n) is 8.98. The summed E-state index contributed by atoms with van der Waals surface area (Å²) in [7, 11) is 0. The summed E-state index contributed by atoms with van der Waals surface area (Å²) in [6.07, 6.45) is -2.35. The van der Waals surface area contributed by atoms with Crippen molar-refractivity contribution in [2.45, 2.75) is 50.2 Å². The molecule has 0 aliphatic carbocycles. The Morgan fingerprint density at radius 3 is 1.68 bits per heavy atom. The smallest absolute Gasteiger partial charge is 0.326 e. The third kappa shape index (κ3) is 11.7. The number of nitrogens with two attached hydrogens (primary N) is 3. The average Bonchev–Trinajstić information content (AvgIpc) is 2.66. The molecule has 11 N–H and O–H groups in total. The molecule has 15 nitrogen and oxygen atoms in total. The van der Waals surface area contributed by atoms with E-state index in [2.05, 4.69) is 16.0 Å². The van der Waals surface area contributed by atoms with Gasteiger partial charge < -0.3 is 43.4 Å². The zero-order valence-electron chi connectivity index (χ0n) is 16.5. The van der Waals surface area contributed by atoms with Crippen LogP contribution in [0.4, 0.5) is 0 Å². The molecule has 0 spiro atoms. The van der Waals surface area contributed by atoms with Gasteiger partial charge in [-0.05, 0) is 12.8 Å². The van der Waals surface area contributed by atoms with Crippen LogP contribution in [0.25, 0.3) is 0 Å². The van der Waals surface area contributed by atoms with Gasteiger partial charge in [-0.25, -0.2) is 4.79 Å². The standard InChI is InChI=1S/C16H26N6O9/c17-6-12(25)20-9(5-11(19)24)15(29)21-7(2-4-13(26)27)14(28)22-8(16(30)31)1-3-10(18)23/h7-9H,1-6,17H2,(H2,18,23)(H2,19,24)(H,20,25)(H,21,29)(H,22,28)(H,26,27)(H,30,31). The number of carbonyl (C=O) groups excluding carboxylic acids is 5. The number of hydrogen-bond acceptors (Lipinski definition) is 8. The molecule has 0 aromatic rings. The van der Waals surface area contributed by atoms with Gasteiger partial charge >= 0.3 is 11.9 Å². The van der Waals surface area contributed by atoms with Gasteiger partial charge in [0.25, 0.3) is 0 Å². The van der Waals surface area contributed by atoms with E-state index in [-0.39, 0.29) is 12.8 Å². The highest BCUT2D eigenvalue weighted by Crippen LogP contribution is 2.04. The summed E-state index contributed by atoms with van der Waals surface area (Å²) in [5.74, 6) is -7.46. The van der Waals surface area contributed by atoms with Gasteiger partial charge in [0.1, 0.15) is 18.1 Å². The van der Waals surface area contributed by atoms with Gasteiger partial charge in [-0.2, -0.15) is 0 Å². The van der Waals surface area contributed by atoms with Crippen LogP contribution in [0, 0.1) is 0 Å². The highest BCUT2D eigenvalue weighted by atomic mass is 16.4. The fourth-order valence-electron chi connectivity index (χ4n) is 2.29. The predicted molar refractivity (Wildman–Crippen MR) is 102 cm³/mol. The topological polar surface area (TPSA) is 274 Å². The van der Waals surface area contributed by atoms with Crippen molar-refractivity contribution in [3.63, 3.8) is 0 Å². The summed E-state index contributed by atoms with van der Waals surface area (Å²) in [4.78, 5) is 80.6. The number of carboxylic acid groups (broad SMARTS) is 2. The van der Waals surface area contributed by atoms with Gasteiger partial charge in [-0.3, -0.25) is 28.8 Å². The summed E-state index contributed by atoms with van der Waals surface area (Å²) in [5, 5.41) is 24.4. The number of rotatable bonds is 15. The highest BCUT2D eigenvalue weighted by molar-refractivity contribution is 5.95. The molecular formula is C16H26N6O9. The molecule has 15 heteroatoms. The van der Waals surface area contributed by atoms with Crippen LogP contribution in [-0.4, -0.2) is 76.4 Å². The zero-order valence-corrected chi connectivity index (χ0v) is 16.5. The molecule has 0 radical (unpaired) electrons. The first kappa shape index (κ1) is 27.2. The average molecular weight is 446 g/mol. The molecular weight excluding hydrogens is 420 g/mol. The highest BCUT2D eigenvalue weighted by Gasteiger charge is 2.30. The van der Waals surface area contributed by atoms with Crippen molar-refractivity contribution < 1.29 is 43.8 Å². The molecule has 31 heavy (non-hydrogen) atoms. The van der Waals surface area contributed by atoms with Crippen LogP contribution < -0.4 is 33.2 Å². The molecule has 0 saturated carbocycles. The Kier molecular flexibility index (Phi) is 11.8. The molecule has 0 heterocycles. The van der Waals surface area contributed by atoms with E-state index >= 15 is 0 Å². The molecule has 0 fully saturated rings. The van der Waals surface area contributed by atoms with Crippen LogP contribution in [0.1, 0.15) is 32.1 Å². The van der Waals surface area contributed by atoms with E-state index in [1.807, 2.05) is 0 Å². The van der Waals surface area contributed by atoms with Gasteiger partial charge in [0.05, 0.1) is 13.0 Å². The quantitative estimate of drug-likeness (QED) is 0.119. The van der Waals surface area contributed by atoms with Gasteiger partial charge in [-0.15, -0.1) is 0 Å². The zero-order chi connectivity index (χ0) is 24.1. The fourth-order valence-corrected chi connectivity index (χ4v) is 2.29. The van der Waals surface area contributed by atoms with Crippen LogP contribution in [0.15, 0.2) is 0 Å². The Hall–Kier alpha value is -3.75. The molecule has 5 amide bonds. The molecule has 0 bridgehead atoms. The second-order valence-electron chi connectivity index (χ2n) is 6.39. The van der Waals surface area contributed by atoms with Crippen LogP contribution in [0.2, 0.25) is 0 Å². The molecule has 0 aliphatic rings. The molecule has 0 aromatic carbocycles. The van der Waals surface area contributed by atoms with E-state index in [0.29, 0.717) is 0 Å². The third-order valence-corrected chi connectivity index (χ3v) is 3.82. The van der Waals surface area contributed by atoms with Crippen molar-refractivity contribution in [1.29, 1.82) is 0 Å². The van der Waals surface area contributed by atoms with E-state index in [0.717, 1.165) is 0 Å². The minimum atomic E-state index is -1.54. The lowest BCUT2D eigenvalue weighted by Gasteiger charge is -2.23. The monoisotopic (exact) mass is 446 g/mol. The Labute approximate surface area is 176 Å². The van der Waals surface area contributed by atoms with Crippen molar-refractivity contribution in [3.05, 3.63) is 0 Å². The molecule has 0 aliphatic heterocycles. The SMILES string of the molecule is NCC(=O)NC(CC(N)=O)C(=O)NC(CCC(=O)O)C(=O)NC(CCC(N)=O)C(=O)O. The van der Waals surface area contributed by atoms with Gasteiger partial charge in [-0.1, -0.05) is 0 Å². The summed E-state index contributed by atoms with van der Waals surface area (Å²) < 4.78 is 0. The number of carboxylic acids is 2. The molecule has 174 valence electrons. The lowest BCUT2D eigenvalue weighted by Crippen LogP contribution is -2.56. The molecule has 0 aromatic heterocycles. The summed E-state index contributed by atoms with van der Waals surface area (Å²) in [5.41, 5.74) is 15.1. The molecule has 3 atom stereocenters. The van der Waals surface area contributed by atoms with Crippen LogP contribution in [0.5, 0.6) is 0 Å². The fraction of sp³-hybridized carbons (Fsp3) is 0.562. The van der Waals surface area contributed by atoms with Crippen molar-refractivity contribution in [2.75, 3.05) is 6.54 Å². The number of primary amides is 2.